The Kier molecular flexibility index (Phi) is 2.99. The normalized spacial score (nSPS) is 14.9. The minimum Gasteiger partial charge on any atom is -0.479 e. The Bertz CT molecular complexity index is 420. The Morgan fingerprint density at radius 3 is 2.47 bits per heavy atom. The number of hydrogen-bond donors (Lipinski definition) is 3. The van der Waals surface area contributed by atoms with Gasteiger partial charge in [-0.25, -0.2) is 9.59 Å². The van der Waals surface area contributed by atoms with Crippen molar-refractivity contribution in [2.45, 2.75) is 26.4 Å². The van der Waals surface area contributed by atoms with Crippen LogP contribution in [-0.2, 0) is 15.1 Å². The molecule has 0 amide bonds. The van der Waals surface area contributed by atoms with Crippen LogP contribution in [0.5, 0.6) is 0 Å². The molecule has 0 aliphatic heterocycles. The summed E-state index contributed by atoms with van der Waals surface area (Å²) in [6, 6.07) is 0. The molecule has 0 bridgehead atoms. The average molecular weight is 214 g/mol. The third kappa shape index (κ3) is 1.94. The summed E-state index contributed by atoms with van der Waals surface area (Å²) < 4.78 is 5.18. The zero-order valence-corrected chi connectivity index (χ0v) is 8.88. The smallest absolute Gasteiger partial charge is 0.341 e. The summed E-state index contributed by atoms with van der Waals surface area (Å²) in [5.74, 6) is -1.14. The molecule has 1 rings (SSSR count). The number of H-pyrrole nitrogens is 2. The summed E-state index contributed by atoms with van der Waals surface area (Å²) in [7, 11) is 0. The number of hydrogen-bond acceptors (Lipinski definition) is 3. The number of aromatic nitrogens is 2. The van der Waals surface area contributed by atoms with Crippen molar-refractivity contribution in [2.24, 2.45) is 0 Å². The molecule has 1 atom stereocenters. The van der Waals surface area contributed by atoms with E-state index in [4.69, 9.17) is 9.84 Å². The van der Waals surface area contributed by atoms with Crippen LogP contribution in [0.15, 0.2) is 4.79 Å². The van der Waals surface area contributed by atoms with E-state index in [1.807, 2.05) is 0 Å². The zero-order valence-electron chi connectivity index (χ0n) is 8.88. The molecule has 3 N–H and O–H groups in total. The fourth-order valence-electron chi connectivity index (χ4n) is 1.48. The van der Waals surface area contributed by atoms with Crippen molar-refractivity contribution in [3.63, 3.8) is 0 Å². The van der Waals surface area contributed by atoms with Crippen molar-refractivity contribution < 1.29 is 14.6 Å². The van der Waals surface area contributed by atoms with Crippen molar-refractivity contribution in [1.29, 1.82) is 0 Å². The standard InChI is InChI=1S/C9H14N2O4/c1-4-15-9(3,7(12)13)6-5(2)10-8(14)11-6/h4H2,1-3H3,(H,12,13)(H2,10,11,14). The Morgan fingerprint density at radius 1 is 1.53 bits per heavy atom. The summed E-state index contributed by atoms with van der Waals surface area (Å²) in [5.41, 5.74) is -1.23. The lowest BCUT2D eigenvalue weighted by Gasteiger charge is -2.23. The number of rotatable bonds is 4. The molecular formula is C9H14N2O4. The Morgan fingerprint density at radius 2 is 2.13 bits per heavy atom. The van der Waals surface area contributed by atoms with Crippen molar-refractivity contribution in [1.82, 2.24) is 9.97 Å². The first-order valence-electron chi connectivity index (χ1n) is 4.58. The highest BCUT2D eigenvalue weighted by molar-refractivity contribution is 5.78. The van der Waals surface area contributed by atoms with Crippen molar-refractivity contribution in [3.8, 4) is 0 Å². The first kappa shape index (κ1) is 11.5. The SMILES string of the molecule is CCOC(C)(C(=O)O)c1[nH]c(=O)[nH]c1C. The molecule has 15 heavy (non-hydrogen) atoms. The second-order valence-electron chi connectivity index (χ2n) is 3.35. The summed E-state index contributed by atoms with van der Waals surface area (Å²) in [6.07, 6.45) is 0. The minimum absolute atomic E-state index is 0.245. The van der Waals surface area contributed by atoms with Crippen LogP contribution in [0.25, 0.3) is 0 Å². The van der Waals surface area contributed by atoms with E-state index in [2.05, 4.69) is 9.97 Å². The van der Waals surface area contributed by atoms with E-state index in [-0.39, 0.29) is 12.3 Å². The van der Waals surface area contributed by atoms with Gasteiger partial charge in [0, 0.05) is 12.3 Å². The van der Waals surface area contributed by atoms with Gasteiger partial charge in [0.15, 0.2) is 0 Å². The summed E-state index contributed by atoms with van der Waals surface area (Å²) in [5, 5.41) is 9.09. The first-order valence-corrected chi connectivity index (χ1v) is 4.58. The van der Waals surface area contributed by atoms with Gasteiger partial charge in [-0.2, -0.15) is 0 Å². The molecule has 84 valence electrons. The first-order chi connectivity index (χ1) is 6.91. The van der Waals surface area contributed by atoms with E-state index in [1.165, 1.54) is 6.92 Å². The lowest BCUT2D eigenvalue weighted by atomic mass is 10.0. The van der Waals surface area contributed by atoms with Gasteiger partial charge in [0.25, 0.3) is 0 Å². The van der Waals surface area contributed by atoms with Crippen LogP contribution in [-0.4, -0.2) is 27.7 Å². The van der Waals surface area contributed by atoms with Gasteiger partial charge < -0.3 is 19.8 Å². The Balaban J connectivity index is 3.26. The second kappa shape index (κ2) is 3.90. The molecule has 0 aromatic carbocycles. The van der Waals surface area contributed by atoms with Crippen molar-refractivity contribution in [3.05, 3.63) is 21.9 Å². The van der Waals surface area contributed by atoms with Crippen LogP contribution >= 0.6 is 0 Å². The van der Waals surface area contributed by atoms with Gasteiger partial charge >= 0.3 is 11.7 Å². The predicted octanol–water partition coefficient (Wildman–Crippen LogP) is 0.348. The summed E-state index contributed by atoms with van der Waals surface area (Å²) in [4.78, 5) is 27.0. The fourth-order valence-corrected chi connectivity index (χ4v) is 1.48. The number of nitrogens with one attached hydrogen (secondary N) is 2. The molecule has 1 heterocycles. The molecule has 0 radical (unpaired) electrons. The summed E-state index contributed by atoms with van der Waals surface area (Å²) in [6.45, 7) is 4.97. The fraction of sp³-hybridized carbons (Fsp3) is 0.556. The van der Waals surface area contributed by atoms with Gasteiger partial charge in [-0.15, -0.1) is 0 Å². The molecule has 0 aliphatic rings. The third-order valence-electron chi connectivity index (χ3n) is 2.23. The number of carboxylic acids is 1. The second-order valence-corrected chi connectivity index (χ2v) is 3.35. The van der Waals surface area contributed by atoms with E-state index in [0.29, 0.717) is 5.69 Å². The predicted molar refractivity (Wildman–Crippen MR) is 52.8 cm³/mol. The number of aryl methyl sites for hydroxylation is 1. The van der Waals surface area contributed by atoms with Gasteiger partial charge in [0.05, 0.1) is 5.69 Å². The molecule has 1 unspecified atom stereocenters. The topological polar surface area (TPSA) is 95.2 Å². The van der Waals surface area contributed by atoms with Crippen LogP contribution in [0.2, 0.25) is 0 Å². The number of aromatic amines is 2. The molecule has 1 aromatic heterocycles. The van der Waals surface area contributed by atoms with Gasteiger partial charge in [-0.3, -0.25) is 0 Å². The molecule has 0 spiro atoms. The van der Waals surface area contributed by atoms with Gasteiger partial charge in [-0.1, -0.05) is 0 Å². The minimum atomic E-state index is -1.52. The Hall–Kier alpha value is -1.56. The maximum Gasteiger partial charge on any atom is 0.341 e. The zero-order chi connectivity index (χ0) is 11.6. The maximum atomic E-state index is 11.1. The van der Waals surface area contributed by atoms with Crippen LogP contribution < -0.4 is 5.69 Å². The molecule has 6 nitrogen and oxygen atoms in total. The van der Waals surface area contributed by atoms with E-state index < -0.39 is 17.3 Å². The molecular weight excluding hydrogens is 200 g/mol. The number of ether oxygens (including phenoxy) is 1. The number of carbonyl (C=O) groups is 1. The van der Waals surface area contributed by atoms with E-state index in [0.717, 1.165) is 0 Å². The van der Waals surface area contributed by atoms with Gasteiger partial charge in [-0.05, 0) is 20.8 Å². The molecule has 6 heteroatoms. The maximum absolute atomic E-state index is 11.1. The van der Waals surface area contributed by atoms with Crippen molar-refractivity contribution in [2.75, 3.05) is 6.61 Å². The van der Waals surface area contributed by atoms with Crippen LogP contribution in [0, 0.1) is 6.92 Å². The molecule has 1 aromatic rings. The highest BCUT2D eigenvalue weighted by Crippen LogP contribution is 2.25. The van der Waals surface area contributed by atoms with Gasteiger partial charge in [0.2, 0.25) is 5.60 Å². The molecule has 0 fully saturated rings. The van der Waals surface area contributed by atoms with Crippen LogP contribution in [0.1, 0.15) is 25.2 Å². The lowest BCUT2D eigenvalue weighted by molar-refractivity contribution is -0.165. The number of imidazole rings is 1. The monoisotopic (exact) mass is 214 g/mol. The van der Waals surface area contributed by atoms with Crippen molar-refractivity contribution >= 4 is 5.97 Å². The molecule has 0 saturated heterocycles. The highest BCUT2D eigenvalue weighted by atomic mass is 16.5. The average Bonchev–Trinajstić information content (AvgIpc) is 2.45. The largest absolute Gasteiger partial charge is 0.479 e. The van der Waals surface area contributed by atoms with Crippen LogP contribution in [0.3, 0.4) is 0 Å². The van der Waals surface area contributed by atoms with Crippen LogP contribution in [0.4, 0.5) is 0 Å². The molecule has 0 saturated carbocycles. The Labute approximate surface area is 86.3 Å². The third-order valence-corrected chi connectivity index (χ3v) is 2.23. The van der Waals surface area contributed by atoms with E-state index >= 15 is 0 Å². The van der Waals surface area contributed by atoms with E-state index in [9.17, 15) is 9.59 Å². The van der Waals surface area contributed by atoms with E-state index in [1.54, 1.807) is 13.8 Å². The summed E-state index contributed by atoms with van der Waals surface area (Å²) >= 11 is 0. The van der Waals surface area contributed by atoms with Gasteiger partial charge in [0.1, 0.15) is 0 Å². The number of carboxylic acid groups (broad SMARTS) is 1. The highest BCUT2D eigenvalue weighted by Gasteiger charge is 2.39. The number of aliphatic carboxylic acids is 1. The molecule has 0 aliphatic carbocycles. The lowest BCUT2D eigenvalue weighted by Crippen LogP contribution is -2.37. The quantitative estimate of drug-likeness (QED) is 0.673.